The van der Waals surface area contributed by atoms with Crippen LogP contribution in [0.1, 0.15) is 18.1 Å². The van der Waals surface area contributed by atoms with Crippen molar-refractivity contribution >= 4 is 33.2 Å². The van der Waals surface area contributed by atoms with Crippen molar-refractivity contribution in [1.29, 1.82) is 0 Å². The van der Waals surface area contributed by atoms with Gasteiger partial charge in [0.2, 0.25) is 22.8 Å². The van der Waals surface area contributed by atoms with Crippen LogP contribution >= 0.6 is 0 Å². The first-order valence-corrected chi connectivity index (χ1v) is 12.9. The van der Waals surface area contributed by atoms with Gasteiger partial charge in [0.25, 0.3) is 0 Å². The molecule has 0 spiro atoms. The number of nitrogens with zero attached hydrogens (tertiary/aromatic N) is 3. The second kappa shape index (κ2) is 9.88. The lowest BCUT2D eigenvalue weighted by atomic mass is 10.1. The van der Waals surface area contributed by atoms with Crippen LogP contribution in [0.25, 0.3) is 11.1 Å². The fraction of sp³-hybridized carbons (Fsp3) is 0.115. The third kappa shape index (κ3) is 5.37. The molecule has 4 N–H and O–H groups in total. The van der Waals surface area contributed by atoms with Gasteiger partial charge in [0.15, 0.2) is 17.3 Å². The maximum atomic E-state index is 11.7. The summed E-state index contributed by atoms with van der Waals surface area (Å²) in [7, 11) is -3.80. The predicted molar refractivity (Wildman–Crippen MR) is 142 cm³/mol. The van der Waals surface area contributed by atoms with Gasteiger partial charge in [-0.2, -0.15) is 10.1 Å². The molecule has 2 heterocycles. The normalized spacial score (nSPS) is 12.9. The van der Waals surface area contributed by atoms with Crippen LogP contribution in [-0.4, -0.2) is 30.9 Å². The van der Waals surface area contributed by atoms with Gasteiger partial charge in [-0.1, -0.05) is 30.3 Å². The molecule has 188 valence electrons. The standard InChI is InChI=1S/C26H24N6O4S/c1-16-12-18(9-11-24(16)37(27,33)34)17(2)31-32-25-21(19-8-10-22-23(13-19)36-15-35-22)14-28-26(30-25)29-20-6-4-3-5-7-20/h3-14H,15H2,1-2H3,(H2,27,33,34)(H2,28,29,30,32). The number of anilines is 3. The van der Waals surface area contributed by atoms with Crippen molar-refractivity contribution in [3.05, 3.63) is 84.1 Å². The van der Waals surface area contributed by atoms with E-state index in [1.807, 2.05) is 55.5 Å². The Morgan fingerprint density at radius 1 is 1.03 bits per heavy atom. The van der Waals surface area contributed by atoms with Crippen molar-refractivity contribution < 1.29 is 17.9 Å². The van der Waals surface area contributed by atoms with Gasteiger partial charge in [-0.3, -0.25) is 5.43 Å². The van der Waals surface area contributed by atoms with E-state index in [2.05, 4.69) is 25.8 Å². The number of hydrogen-bond donors (Lipinski definition) is 3. The lowest BCUT2D eigenvalue weighted by Crippen LogP contribution is -2.14. The van der Waals surface area contributed by atoms with Crippen molar-refractivity contribution in [2.24, 2.45) is 10.2 Å². The third-order valence-corrected chi connectivity index (χ3v) is 6.80. The second-order valence-electron chi connectivity index (χ2n) is 8.35. The van der Waals surface area contributed by atoms with Crippen LogP contribution in [0.3, 0.4) is 0 Å². The summed E-state index contributed by atoms with van der Waals surface area (Å²) in [4.78, 5) is 9.22. The van der Waals surface area contributed by atoms with Crippen molar-refractivity contribution in [2.45, 2.75) is 18.7 Å². The molecule has 1 aliphatic heterocycles. The van der Waals surface area contributed by atoms with E-state index in [9.17, 15) is 8.42 Å². The minimum Gasteiger partial charge on any atom is -0.454 e. The van der Waals surface area contributed by atoms with Gasteiger partial charge < -0.3 is 14.8 Å². The van der Waals surface area contributed by atoms with Crippen LogP contribution in [-0.2, 0) is 10.0 Å². The van der Waals surface area contributed by atoms with Gasteiger partial charge in [0.1, 0.15) is 0 Å². The van der Waals surface area contributed by atoms with Crippen LogP contribution < -0.4 is 25.4 Å². The lowest BCUT2D eigenvalue weighted by molar-refractivity contribution is 0.174. The Bertz CT molecular complexity index is 1610. The number of nitrogens with one attached hydrogen (secondary N) is 2. The second-order valence-corrected chi connectivity index (χ2v) is 9.88. The number of primary sulfonamides is 1. The fourth-order valence-electron chi connectivity index (χ4n) is 3.85. The van der Waals surface area contributed by atoms with Gasteiger partial charge in [-0.15, -0.1) is 0 Å². The lowest BCUT2D eigenvalue weighted by Gasteiger charge is -2.12. The molecule has 11 heteroatoms. The molecule has 3 aromatic carbocycles. The zero-order valence-electron chi connectivity index (χ0n) is 20.1. The molecule has 0 amide bonds. The molecule has 1 aliphatic rings. The number of ether oxygens (including phenoxy) is 2. The number of sulfonamides is 1. The minimum atomic E-state index is -3.80. The van der Waals surface area contributed by atoms with Crippen LogP contribution in [0.4, 0.5) is 17.5 Å². The first-order chi connectivity index (χ1) is 17.8. The molecule has 0 unspecified atom stereocenters. The molecule has 0 saturated heterocycles. The third-order valence-electron chi connectivity index (χ3n) is 5.73. The van der Waals surface area contributed by atoms with Gasteiger partial charge in [-0.25, -0.2) is 18.5 Å². The minimum absolute atomic E-state index is 0.0783. The molecule has 10 nitrogen and oxygen atoms in total. The van der Waals surface area contributed by atoms with Gasteiger partial charge in [0.05, 0.1) is 10.6 Å². The van der Waals surface area contributed by atoms with Crippen molar-refractivity contribution in [2.75, 3.05) is 17.5 Å². The van der Waals surface area contributed by atoms with Gasteiger partial charge in [-0.05, 0) is 66.9 Å². The molecule has 0 saturated carbocycles. The van der Waals surface area contributed by atoms with Crippen LogP contribution in [0.2, 0.25) is 0 Å². The molecule has 4 aromatic rings. The number of nitrogens with two attached hydrogens (primary N) is 1. The van der Waals surface area contributed by atoms with E-state index in [4.69, 9.17) is 14.6 Å². The molecule has 5 rings (SSSR count). The summed E-state index contributed by atoms with van der Waals surface area (Å²) in [5.74, 6) is 2.16. The summed E-state index contributed by atoms with van der Waals surface area (Å²) in [6.07, 6.45) is 1.70. The molecule has 0 bridgehead atoms. The summed E-state index contributed by atoms with van der Waals surface area (Å²) >= 11 is 0. The van der Waals surface area contributed by atoms with E-state index in [1.165, 1.54) is 6.07 Å². The average Bonchev–Trinajstić information content (AvgIpc) is 3.35. The Kier molecular flexibility index (Phi) is 6.47. The maximum absolute atomic E-state index is 11.7. The summed E-state index contributed by atoms with van der Waals surface area (Å²) in [6.45, 7) is 3.67. The average molecular weight is 517 g/mol. The highest BCUT2D eigenvalue weighted by Gasteiger charge is 2.17. The number of hydrazone groups is 1. The number of benzene rings is 3. The largest absolute Gasteiger partial charge is 0.454 e. The van der Waals surface area contributed by atoms with Gasteiger partial charge in [0, 0.05) is 17.4 Å². The topological polar surface area (TPSA) is 141 Å². The van der Waals surface area contributed by atoms with E-state index in [-0.39, 0.29) is 11.7 Å². The maximum Gasteiger partial charge on any atom is 0.238 e. The number of fused-ring (bicyclic) bond motifs is 1. The molecular weight excluding hydrogens is 492 g/mol. The zero-order chi connectivity index (χ0) is 26.0. The Labute approximate surface area is 214 Å². The number of hydrogen-bond acceptors (Lipinski definition) is 9. The Morgan fingerprint density at radius 3 is 2.57 bits per heavy atom. The van der Waals surface area contributed by atoms with Crippen molar-refractivity contribution in [3.63, 3.8) is 0 Å². The monoisotopic (exact) mass is 516 g/mol. The molecule has 0 radical (unpaired) electrons. The van der Waals surface area contributed by atoms with E-state index < -0.39 is 10.0 Å². The summed E-state index contributed by atoms with van der Waals surface area (Å²) in [5.41, 5.74) is 7.31. The molecule has 37 heavy (non-hydrogen) atoms. The molecular formula is C26H24N6O4S. The highest BCUT2D eigenvalue weighted by Crippen LogP contribution is 2.37. The van der Waals surface area contributed by atoms with Crippen molar-refractivity contribution in [3.8, 4) is 22.6 Å². The Hall–Kier alpha value is -4.48. The van der Waals surface area contributed by atoms with E-state index in [0.29, 0.717) is 40.1 Å². The van der Waals surface area contributed by atoms with E-state index in [1.54, 1.807) is 25.3 Å². The number of rotatable bonds is 7. The molecule has 1 aromatic heterocycles. The Morgan fingerprint density at radius 2 is 1.81 bits per heavy atom. The number of aryl methyl sites for hydroxylation is 1. The number of para-hydroxylation sites is 1. The predicted octanol–water partition coefficient (Wildman–Crippen LogP) is 4.41. The highest BCUT2D eigenvalue weighted by atomic mass is 32.2. The first-order valence-electron chi connectivity index (χ1n) is 11.3. The quantitative estimate of drug-likeness (QED) is 0.242. The first kappa shape index (κ1) is 24.2. The highest BCUT2D eigenvalue weighted by molar-refractivity contribution is 7.89. The van der Waals surface area contributed by atoms with Crippen molar-refractivity contribution in [1.82, 2.24) is 9.97 Å². The molecule has 0 atom stereocenters. The molecule has 0 aliphatic carbocycles. The SMILES string of the molecule is CC(=NNc1nc(Nc2ccccc2)ncc1-c1ccc2c(c1)OCO2)c1ccc(S(N)(=O)=O)c(C)c1. The van der Waals surface area contributed by atoms with E-state index in [0.717, 1.165) is 16.8 Å². The smallest absolute Gasteiger partial charge is 0.238 e. The summed E-state index contributed by atoms with van der Waals surface area (Å²) in [6, 6.07) is 20.0. The zero-order valence-corrected chi connectivity index (χ0v) is 20.9. The van der Waals surface area contributed by atoms with Crippen LogP contribution in [0, 0.1) is 6.92 Å². The summed E-state index contributed by atoms with van der Waals surface area (Å²) < 4.78 is 34.5. The number of aromatic nitrogens is 2. The fourth-order valence-corrected chi connectivity index (χ4v) is 4.61. The van der Waals surface area contributed by atoms with Crippen LogP contribution in [0.5, 0.6) is 11.5 Å². The Balaban J connectivity index is 1.49. The molecule has 0 fully saturated rings. The summed E-state index contributed by atoms with van der Waals surface area (Å²) in [5, 5.41) is 13.0. The van der Waals surface area contributed by atoms with E-state index >= 15 is 0 Å². The van der Waals surface area contributed by atoms with Gasteiger partial charge >= 0.3 is 0 Å². The van der Waals surface area contributed by atoms with Crippen LogP contribution in [0.15, 0.2) is 82.9 Å².